The lowest BCUT2D eigenvalue weighted by Gasteiger charge is -2.31. The Hall–Kier alpha value is -1.33. The SMILES string of the molecule is COCCN(C(C)C)C(C)C(=O)c1ccc(F)c(F)c1. The molecule has 0 heterocycles. The maximum atomic E-state index is 13.2. The number of Topliss-reactive ketones (excluding diaryl/α,β-unsaturated/α-hetero) is 1. The van der Waals surface area contributed by atoms with Crippen molar-refractivity contribution in [3.05, 3.63) is 35.4 Å². The fourth-order valence-corrected chi connectivity index (χ4v) is 2.14. The molecule has 5 heteroatoms. The Morgan fingerprint density at radius 2 is 1.90 bits per heavy atom. The summed E-state index contributed by atoms with van der Waals surface area (Å²) in [6.45, 7) is 6.83. The van der Waals surface area contributed by atoms with Crippen molar-refractivity contribution < 1.29 is 18.3 Å². The highest BCUT2D eigenvalue weighted by Crippen LogP contribution is 2.15. The first kappa shape index (κ1) is 16.7. The van der Waals surface area contributed by atoms with Gasteiger partial charge >= 0.3 is 0 Å². The minimum Gasteiger partial charge on any atom is -0.383 e. The van der Waals surface area contributed by atoms with Gasteiger partial charge in [-0.05, 0) is 39.0 Å². The summed E-state index contributed by atoms with van der Waals surface area (Å²) < 4.78 is 31.1. The van der Waals surface area contributed by atoms with Crippen LogP contribution in [0.4, 0.5) is 8.78 Å². The Morgan fingerprint density at radius 1 is 1.25 bits per heavy atom. The van der Waals surface area contributed by atoms with Crippen LogP contribution in [0.2, 0.25) is 0 Å². The number of carbonyl (C=O) groups excluding carboxylic acids is 1. The van der Waals surface area contributed by atoms with E-state index in [9.17, 15) is 13.6 Å². The summed E-state index contributed by atoms with van der Waals surface area (Å²) in [7, 11) is 1.60. The van der Waals surface area contributed by atoms with E-state index in [1.54, 1.807) is 14.0 Å². The molecular weight excluding hydrogens is 264 g/mol. The number of nitrogens with zero attached hydrogens (tertiary/aromatic N) is 1. The molecule has 0 saturated heterocycles. The van der Waals surface area contributed by atoms with Crippen molar-refractivity contribution in [2.24, 2.45) is 0 Å². The van der Waals surface area contributed by atoms with Crippen molar-refractivity contribution in [1.29, 1.82) is 0 Å². The molecule has 0 N–H and O–H groups in total. The number of carbonyl (C=O) groups is 1. The van der Waals surface area contributed by atoms with Crippen LogP contribution < -0.4 is 0 Å². The van der Waals surface area contributed by atoms with E-state index in [0.717, 1.165) is 12.1 Å². The van der Waals surface area contributed by atoms with Crippen LogP contribution in [-0.2, 0) is 4.74 Å². The highest BCUT2D eigenvalue weighted by Gasteiger charge is 2.24. The topological polar surface area (TPSA) is 29.5 Å². The monoisotopic (exact) mass is 285 g/mol. The molecule has 0 radical (unpaired) electrons. The Bertz CT molecular complexity index is 463. The summed E-state index contributed by atoms with van der Waals surface area (Å²) >= 11 is 0. The Kier molecular flexibility index (Phi) is 6.23. The van der Waals surface area contributed by atoms with Gasteiger partial charge < -0.3 is 4.74 Å². The molecule has 0 fully saturated rings. The van der Waals surface area contributed by atoms with Gasteiger partial charge in [0.2, 0.25) is 0 Å². The van der Waals surface area contributed by atoms with Crippen LogP contribution in [0.5, 0.6) is 0 Å². The van der Waals surface area contributed by atoms with Gasteiger partial charge in [0.25, 0.3) is 0 Å². The summed E-state index contributed by atoms with van der Waals surface area (Å²) in [5, 5.41) is 0. The molecule has 1 aromatic rings. The largest absolute Gasteiger partial charge is 0.383 e. The number of ketones is 1. The van der Waals surface area contributed by atoms with E-state index < -0.39 is 17.7 Å². The third-order valence-corrected chi connectivity index (χ3v) is 3.30. The normalized spacial score (nSPS) is 13.0. The van der Waals surface area contributed by atoms with E-state index in [2.05, 4.69) is 0 Å². The van der Waals surface area contributed by atoms with Crippen LogP contribution in [0.1, 0.15) is 31.1 Å². The van der Waals surface area contributed by atoms with E-state index in [1.807, 2.05) is 18.7 Å². The fraction of sp³-hybridized carbons (Fsp3) is 0.533. The molecule has 0 spiro atoms. The zero-order chi connectivity index (χ0) is 15.3. The summed E-state index contributed by atoms with van der Waals surface area (Å²) in [6, 6.07) is 2.96. The molecule has 112 valence electrons. The molecule has 1 atom stereocenters. The third kappa shape index (κ3) is 4.08. The molecule has 0 amide bonds. The average Bonchev–Trinajstić information content (AvgIpc) is 2.41. The van der Waals surface area contributed by atoms with Gasteiger partial charge in [-0.3, -0.25) is 9.69 Å². The second-order valence-corrected chi connectivity index (χ2v) is 4.99. The van der Waals surface area contributed by atoms with E-state index in [-0.39, 0.29) is 17.4 Å². The highest BCUT2D eigenvalue weighted by molar-refractivity contribution is 5.99. The third-order valence-electron chi connectivity index (χ3n) is 3.30. The lowest BCUT2D eigenvalue weighted by Crippen LogP contribution is -2.45. The van der Waals surface area contributed by atoms with Gasteiger partial charge in [0, 0.05) is 25.3 Å². The van der Waals surface area contributed by atoms with Crippen molar-refractivity contribution in [2.75, 3.05) is 20.3 Å². The maximum Gasteiger partial charge on any atom is 0.179 e. The van der Waals surface area contributed by atoms with Gasteiger partial charge in [0.15, 0.2) is 17.4 Å². The van der Waals surface area contributed by atoms with E-state index in [4.69, 9.17) is 4.74 Å². The first-order valence-electron chi connectivity index (χ1n) is 6.62. The van der Waals surface area contributed by atoms with Crippen molar-refractivity contribution in [2.45, 2.75) is 32.9 Å². The second-order valence-electron chi connectivity index (χ2n) is 4.99. The molecule has 0 saturated carbocycles. The lowest BCUT2D eigenvalue weighted by molar-refractivity contribution is 0.0697. The number of methoxy groups -OCH3 is 1. The van der Waals surface area contributed by atoms with Crippen LogP contribution in [0, 0.1) is 11.6 Å². The molecule has 0 bridgehead atoms. The van der Waals surface area contributed by atoms with Crippen LogP contribution >= 0.6 is 0 Å². The van der Waals surface area contributed by atoms with E-state index >= 15 is 0 Å². The van der Waals surface area contributed by atoms with Gasteiger partial charge in [0.1, 0.15) is 0 Å². The standard InChI is InChI=1S/C15H21F2NO2/c1-10(2)18(7-8-20-4)11(3)15(19)12-5-6-13(16)14(17)9-12/h5-6,9-11H,7-8H2,1-4H3. The molecule has 1 rings (SSSR count). The molecule has 20 heavy (non-hydrogen) atoms. The van der Waals surface area contributed by atoms with Crippen molar-refractivity contribution >= 4 is 5.78 Å². The van der Waals surface area contributed by atoms with Crippen LogP contribution in [0.25, 0.3) is 0 Å². The van der Waals surface area contributed by atoms with Crippen LogP contribution in [-0.4, -0.2) is 43.0 Å². The molecule has 0 aliphatic rings. The van der Waals surface area contributed by atoms with Gasteiger partial charge in [-0.2, -0.15) is 0 Å². The molecule has 1 unspecified atom stereocenters. The predicted molar refractivity (Wildman–Crippen MR) is 73.9 cm³/mol. The quantitative estimate of drug-likeness (QED) is 0.721. The van der Waals surface area contributed by atoms with Crippen molar-refractivity contribution in [3.63, 3.8) is 0 Å². The summed E-state index contributed by atoms with van der Waals surface area (Å²) in [4.78, 5) is 14.3. The average molecular weight is 285 g/mol. The molecule has 3 nitrogen and oxygen atoms in total. The number of hydrogen-bond acceptors (Lipinski definition) is 3. The summed E-state index contributed by atoms with van der Waals surface area (Å²) in [5.74, 6) is -2.18. The highest BCUT2D eigenvalue weighted by atomic mass is 19.2. The Morgan fingerprint density at radius 3 is 2.40 bits per heavy atom. The molecule has 1 aromatic carbocycles. The van der Waals surface area contributed by atoms with E-state index in [1.165, 1.54) is 6.07 Å². The van der Waals surface area contributed by atoms with Crippen LogP contribution in [0.3, 0.4) is 0 Å². The molecular formula is C15H21F2NO2. The fourth-order valence-electron chi connectivity index (χ4n) is 2.14. The van der Waals surface area contributed by atoms with E-state index in [0.29, 0.717) is 13.2 Å². The van der Waals surface area contributed by atoms with Crippen molar-refractivity contribution in [3.8, 4) is 0 Å². The summed E-state index contributed by atoms with van der Waals surface area (Å²) in [5.41, 5.74) is 0.180. The number of hydrogen-bond donors (Lipinski definition) is 0. The van der Waals surface area contributed by atoms with Gasteiger partial charge in [-0.15, -0.1) is 0 Å². The number of halogens is 2. The number of ether oxygens (including phenoxy) is 1. The minimum atomic E-state index is -1.00. The molecule has 0 aromatic heterocycles. The minimum absolute atomic E-state index is 0.148. The van der Waals surface area contributed by atoms with Crippen molar-refractivity contribution in [1.82, 2.24) is 4.90 Å². The van der Waals surface area contributed by atoms with Gasteiger partial charge in [0.05, 0.1) is 12.6 Å². The summed E-state index contributed by atoms with van der Waals surface area (Å²) in [6.07, 6.45) is 0. The van der Waals surface area contributed by atoms with Gasteiger partial charge in [-0.25, -0.2) is 8.78 Å². The Balaban J connectivity index is 2.89. The first-order chi connectivity index (χ1) is 9.38. The Labute approximate surface area is 118 Å². The zero-order valence-electron chi connectivity index (χ0n) is 12.3. The molecule has 0 aliphatic heterocycles. The smallest absolute Gasteiger partial charge is 0.179 e. The predicted octanol–water partition coefficient (Wildman–Crippen LogP) is 2.89. The number of rotatable bonds is 7. The number of benzene rings is 1. The van der Waals surface area contributed by atoms with Crippen LogP contribution in [0.15, 0.2) is 18.2 Å². The molecule has 0 aliphatic carbocycles. The maximum absolute atomic E-state index is 13.2. The first-order valence-corrected chi connectivity index (χ1v) is 6.62. The second kappa shape index (κ2) is 7.45. The zero-order valence-corrected chi connectivity index (χ0v) is 12.3. The lowest BCUT2D eigenvalue weighted by atomic mass is 10.0. The van der Waals surface area contributed by atoms with Gasteiger partial charge in [-0.1, -0.05) is 0 Å².